The summed E-state index contributed by atoms with van der Waals surface area (Å²) in [5.41, 5.74) is -0.205. The van der Waals surface area contributed by atoms with Gasteiger partial charge in [-0.25, -0.2) is 4.79 Å². The van der Waals surface area contributed by atoms with Crippen LogP contribution in [-0.2, 0) is 10.9 Å². The average molecular weight is 347 g/mol. The molecule has 25 heavy (non-hydrogen) atoms. The Bertz CT molecular complexity index is 938. The first kappa shape index (κ1) is 16.8. The summed E-state index contributed by atoms with van der Waals surface area (Å²) in [7, 11) is 1.21. The average Bonchev–Trinajstić information content (AvgIpc) is 2.60. The zero-order valence-corrected chi connectivity index (χ0v) is 13.0. The Hall–Kier alpha value is -3.09. The van der Waals surface area contributed by atoms with Gasteiger partial charge in [0, 0.05) is 5.39 Å². The highest BCUT2D eigenvalue weighted by Gasteiger charge is 2.30. The van der Waals surface area contributed by atoms with Crippen LogP contribution >= 0.6 is 0 Å². The van der Waals surface area contributed by atoms with Gasteiger partial charge in [0.1, 0.15) is 11.3 Å². The molecular weight excluding hydrogens is 335 g/mol. The van der Waals surface area contributed by atoms with Crippen molar-refractivity contribution >= 4 is 16.9 Å². The van der Waals surface area contributed by atoms with E-state index < -0.39 is 17.7 Å². The monoisotopic (exact) mass is 347 g/mol. The second-order valence-electron chi connectivity index (χ2n) is 5.13. The van der Waals surface area contributed by atoms with Crippen LogP contribution < -0.4 is 4.74 Å². The van der Waals surface area contributed by atoms with Crippen molar-refractivity contribution < 1.29 is 27.4 Å². The van der Waals surface area contributed by atoms with Crippen LogP contribution in [0.4, 0.5) is 13.2 Å². The van der Waals surface area contributed by atoms with Crippen molar-refractivity contribution in [2.45, 2.75) is 6.18 Å². The van der Waals surface area contributed by atoms with Gasteiger partial charge in [0.05, 0.1) is 24.4 Å². The topological polar surface area (TPSA) is 48.4 Å². The van der Waals surface area contributed by atoms with E-state index in [0.29, 0.717) is 10.9 Å². The Morgan fingerprint density at radius 3 is 2.56 bits per heavy atom. The van der Waals surface area contributed by atoms with E-state index >= 15 is 0 Å². The van der Waals surface area contributed by atoms with E-state index in [1.165, 1.54) is 25.4 Å². The van der Waals surface area contributed by atoms with Crippen molar-refractivity contribution in [3.8, 4) is 11.5 Å². The smallest absolute Gasteiger partial charge is 0.416 e. The van der Waals surface area contributed by atoms with Gasteiger partial charge < -0.3 is 9.47 Å². The number of hydrogen-bond donors (Lipinski definition) is 0. The van der Waals surface area contributed by atoms with Gasteiger partial charge in [0.25, 0.3) is 0 Å². The number of benzene rings is 2. The summed E-state index contributed by atoms with van der Waals surface area (Å²) in [6.07, 6.45) is -3.21. The fraction of sp³-hybridized carbons (Fsp3) is 0.111. The molecule has 0 aliphatic heterocycles. The normalized spacial score (nSPS) is 11.4. The minimum atomic E-state index is -4.49. The molecular formula is C18H12F3NO3. The number of fused-ring (bicyclic) bond motifs is 1. The minimum Gasteiger partial charge on any atom is -0.465 e. The largest absolute Gasteiger partial charge is 0.465 e. The molecule has 0 aliphatic rings. The summed E-state index contributed by atoms with van der Waals surface area (Å²) in [5, 5.41) is 0.485. The number of carbonyl (C=O) groups excluding carboxylic acids is 1. The number of hydrogen-bond acceptors (Lipinski definition) is 4. The van der Waals surface area contributed by atoms with E-state index in [0.717, 1.165) is 12.1 Å². The zero-order chi connectivity index (χ0) is 18.0. The van der Waals surface area contributed by atoms with E-state index in [2.05, 4.69) is 4.98 Å². The first-order valence-corrected chi connectivity index (χ1v) is 7.21. The van der Waals surface area contributed by atoms with E-state index in [-0.39, 0.29) is 17.1 Å². The summed E-state index contributed by atoms with van der Waals surface area (Å²) in [6.45, 7) is 0. The van der Waals surface area contributed by atoms with Gasteiger partial charge in [-0.3, -0.25) is 4.98 Å². The molecule has 0 aliphatic carbocycles. The molecule has 0 N–H and O–H groups in total. The Balaban J connectivity index is 2.09. The number of methoxy groups -OCH3 is 1. The summed E-state index contributed by atoms with van der Waals surface area (Å²) >= 11 is 0. The number of esters is 1. The molecule has 2 aromatic carbocycles. The zero-order valence-electron chi connectivity index (χ0n) is 13.0. The first-order valence-electron chi connectivity index (χ1n) is 7.21. The fourth-order valence-electron chi connectivity index (χ4n) is 2.38. The lowest BCUT2D eigenvalue weighted by Gasteiger charge is -2.13. The highest BCUT2D eigenvalue weighted by molar-refractivity contribution is 6.05. The maximum absolute atomic E-state index is 12.8. The van der Waals surface area contributed by atoms with Crippen LogP contribution in [0.2, 0.25) is 0 Å². The van der Waals surface area contributed by atoms with Crippen molar-refractivity contribution in [1.29, 1.82) is 0 Å². The molecule has 0 saturated heterocycles. The lowest BCUT2D eigenvalue weighted by atomic mass is 10.1. The van der Waals surface area contributed by atoms with E-state index in [9.17, 15) is 18.0 Å². The van der Waals surface area contributed by atoms with Gasteiger partial charge in [-0.05, 0) is 24.3 Å². The second-order valence-corrected chi connectivity index (χ2v) is 5.13. The third kappa shape index (κ3) is 3.40. The third-order valence-electron chi connectivity index (χ3n) is 3.52. The van der Waals surface area contributed by atoms with Crippen molar-refractivity contribution in [2.24, 2.45) is 0 Å². The van der Waals surface area contributed by atoms with Crippen LogP contribution in [0.5, 0.6) is 11.5 Å². The van der Waals surface area contributed by atoms with Crippen molar-refractivity contribution in [2.75, 3.05) is 7.11 Å². The molecule has 1 heterocycles. The Morgan fingerprint density at radius 1 is 1.08 bits per heavy atom. The molecule has 0 radical (unpaired) electrons. The molecule has 3 aromatic rings. The molecule has 1 aromatic heterocycles. The van der Waals surface area contributed by atoms with Gasteiger partial charge in [-0.2, -0.15) is 13.2 Å². The van der Waals surface area contributed by atoms with Gasteiger partial charge in [0.15, 0.2) is 5.75 Å². The van der Waals surface area contributed by atoms with E-state index in [1.54, 1.807) is 24.3 Å². The molecule has 0 saturated carbocycles. The lowest BCUT2D eigenvalue weighted by molar-refractivity contribution is -0.137. The molecule has 128 valence electrons. The quantitative estimate of drug-likeness (QED) is 0.637. The van der Waals surface area contributed by atoms with Crippen LogP contribution in [0, 0.1) is 0 Å². The van der Waals surface area contributed by atoms with Gasteiger partial charge in [0.2, 0.25) is 0 Å². The molecule has 7 heteroatoms. The number of pyridine rings is 1. The second kappa shape index (κ2) is 6.43. The van der Waals surface area contributed by atoms with Crippen LogP contribution in [0.3, 0.4) is 0 Å². The molecule has 0 atom stereocenters. The first-order chi connectivity index (χ1) is 11.9. The third-order valence-corrected chi connectivity index (χ3v) is 3.52. The Kier molecular flexibility index (Phi) is 4.31. The molecule has 0 unspecified atom stereocenters. The molecule has 0 spiro atoms. The Morgan fingerprint density at radius 2 is 1.84 bits per heavy atom. The van der Waals surface area contributed by atoms with Gasteiger partial charge >= 0.3 is 12.1 Å². The molecule has 4 nitrogen and oxygen atoms in total. The summed E-state index contributed by atoms with van der Waals surface area (Å²) in [4.78, 5) is 16.3. The van der Waals surface area contributed by atoms with Crippen molar-refractivity contribution in [1.82, 2.24) is 4.98 Å². The number of halogens is 3. The highest BCUT2D eigenvalue weighted by atomic mass is 19.4. The summed E-state index contributed by atoms with van der Waals surface area (Å²) < 4.78 is 48.8. The number of para-hydroxylation sites is 1. The van der Waals surface area contributed by atoms with Crippen molar-refractivity contribution in [3.63, 3.8) is 0 Å². The van der Waals surface area contributed by atoms with E-state index in [4.69, 9.17) is 9.47 Å². The van der Waals surface area contributed by atoms with Crippen molar-refractivity contribution in [3.05, 3.63) is 65.9 Å². The van der Waals surface area contributed by atoms with Gasteiger partial charge in [-0.1, -0.05) is 24.3 Å². The number of ether oxygens (including phenoxy) is 2. The SMILES string of the molecule is COC(=O)c1c(Oc2cccc(C(F)(F)F)c2)cnc2ccccc12. The highest BCUT2D eigenvalue weighted by Crippen LogP contribution is 2.34. The summed E-state index contributed by atoms with van der Waals surface area (Å²) in [6, 6.07) is 11.2. The number of nitrogens with zero attached hydrogens (tertiary/aromatic N) is 1. The predicted molar refractivity (Wildman–Crippen MR) is 84.6 cm³/mol. The number of alkyl halides is 3. The fourth-order valence-corrected chi connectivity index (χ4v) is 2.38. The maximum atomic E-state index is 12.8. The maximum Gasteiger partial charge on any atom is 0.416 e. The standard InChI is InChI=1S/C18H12F3NO3/c1-24-17(23)16-13-7-2-3-8-14(13)22-10-15(16)25-12-6-4-5-11(9-12)18(19,20)21/h2-10H,1H3. The summed E-state index contributed by atoms with van der Waals surface area (Å²) in [5.74, 6) is -0.706. The Labute approximate surface area is 140 Å². The van der Waals surface area contributed by atoms with Crippen LogP contribution in [-0.4, -0.2) is 18.1 Å². The molecule has 0 fully saturated rings. The van der Waals surface area contributed by atoms with Gasteiger partial charge in [-0.15, -0.1) is 0 Å². The number of rotatable bonds is 3. The number of aromatic nitrogens is 1. The lowest BCUT2D eigenvalue weighted by Crippen LogP contribution is -2.07. The number of carbonyl (C=O) groups is 1. The molecule has 0 amide bonds. The molecule has 3 rings (SSSR count). The van der Waals surface area contributed by atoms with Crippen LogP contribution in [0.15, 0.2) is 54.7 Å². The predicted octanol–water partition coefficient (Wildman–Crippen LogP) is 4.83. The minimum absolute atomic E-state index is 0.0184. The van der Waals surface area contributed by atoms with Crippen LogP contribution in [0.25, 0.3) is 10.9 Å². The van der Waals surface area contributed by atoms with E-state index in [1.807, 2.05) is 0 Å². The molecule has 0 bridgehead atoms. The van der Waals surface area contributed by atoms with Crippen LogP contribution in [0.1, 0.15) is 15.9 Å².